The van der Waals surface area contributed by atoms with Gasteiger partial charge in [0.2, 0.25) is 0 Å². The quantitative estimate of drug-likeness (QED) is 0.567. The maximum Gasteiger partial charge on any atom is 0.317 e. The normalized spacial score (nSPS) is 11.0. The third kappa shape index (κ3) is 8.25. The van der Waals surface area contributed by atoms with Gasteiger partial charge in [-0.3, -0.25) is 4.79 Å². The van der Waals surface area contributed by atoms with Gasteiger partial charge in [-0.15, -0.1) is 0 Å². The molecule has 0 fully saturated rings. The molecule has 0 aliphatic heterocycles. The zero-order chi connectivity index (χ0) is 21.1. The molecule has 7 heteroatoms. The van der Waals surface area contributed by atoms with Gasteiger partial charge in [0.15, 0.2) is 0 Å². The number of hydrogen-bond acceptors (Lipinski definition) is 3. The molecule has 3 amide bonds. The van der Waals surface area contributed by atoms with Crippen LogP contribution in [0, 0.1) is 18.7 Å². The number of carbonyl (C=O) groups is 2. The molecule has 0 unspecified atom stereocenters. The Bertz CT molecular complexity index is 633. The summed E-state index contributed by atoms with van der Waals surface area (Å²) in [4.78, 5) is 28.7. The SMILES string of the molecule is CCN(CC)CCN(CC(C)C)C(=O)NCCNC(=O)c1ccc(C)c(F)c1. The molecule has 0 aromatic heterocycles. The standard InChI is InChI=1S/C21H35FN4O2/c1-6-25(7-2)12-13-26(15-16(3)4)21(28)24-11-10-23-20(27)18-9-8-17(5)19(22)14-18/h8-9,14,16H,6-7,10-13,15H2,1-5H3,(H,23,27)(H,24,28). The molecule has 0 bridgehead atoms. The minimum atomic E-state index is -0.404. The lowest BCUT2D eigenvalue weighted by molar-refractivity contribution is 0.0953. The number of urea groups is 1. The van der Waals surface area contributed by atoms with Crippen LogP contribution in [0.1, 0.15) is 43.6 Å². The third-order valence-electron chi connectivity index (χ3n) is 4.57. The van der Waals surface area contributed by atoms with Gasteiger partial charge in [0, 0.05) is 38.3 Å². The van der Waals surface area contributed by atoms with Crippen molar-refractivity contribution in [3.63, 3.8) is 0 Å². The molecule has 6 nitrogen and oxygen atoms in total. The van der Waals surface area contributed by atoms with E-state index in [4.69, 9.17) is 0 Å². The zero-order valence-electron chi connectivity index (χ0n) is 17.8. The van der Waals surface area contributed by atoms with E-state index < -0.39 is 5.82 Å². The maximum absolute atomic E-state index is 13.6. The van der Waals surface area contributed by atoms with Gasteiger partial charge in [-0.1, -0.05) is 33.8 Å². The molecule has 0 aliphatic carbocycles. The molecule has 28 heavy (non-hydrogen) atoms. The number of nitrogens with zero attached hydrogens (tertiary/aromatic N) is 2. The van der Waals surface area contributed by atoms with E-state index in [0.717, 1.165) is 19.6 Å². The van der Waals surface area contributed by atoms with Gasteiger partial charge in [0.1, 0.15) is 5.82 Å². The Hall–Kier alpha value is -2.15. The number of likely N-dealkylation sites (N-methyl/N-ethyl adjacent to an activating group) is 1. The number of aryl methyl sites for hydroxylation is 1. The number of carbonyl (C=O) groups excluding carboxylic acids is 2. The van der Waals surface area contributed by atoms with Gasteiger partial charge in [0.05, 0.1) is 0 Å². The van der Waals surface area contributed by atoms with E-state index >= 15 is 0 Å². The average Bonchev–Trinajstić information content (AvgIpc) is 2.66. The van der Waals surface area contributed by atoms with Crippen molar-refractivity contribution in [1.82, 2.24) is 20.4 Å². The molecule has 0 saturated heterocycles. The van der Waals surface area contributed by atoms with Gasteiger partial charge in [-0.2, -0.15) is 0 Å². The molecule has 158 valence electrons. The summed E-state index contributed by atoms with van der Waals surface area (Å²) in [5.74, 6) is -0.384. The van der Waals surface area contributed by atoms with Crippen molar-refractivity contribution in [1.29, 1.82) is 0 Å². The number of halogens is 1. The zero-order valence-corrected chi connectivity index (χ0v) is 17.8. The van der Waals surface area contributed by atoms with Crippen LogP contribution in [0.25, 0.3) is 0 Å². The third-order valence-corrected chi connectivity index (χ3v) is 4.57. The van der Waals surface area contributed by atoms with Crippen molar-refractivity contribution in [2.45, 2.75) is 34.6 Å². The van der Waals surface area contributed by atoms with Crippen LogP contribution in [0.3, 0.4) is 0 Å². The lowest BCUT2D eigenvalue weighted by Crippen LogP contribution is -2.47. The Kier molecular flexibility index (Phi) is 10.5. The summed E-state index contributed by atoms with van der Waals surface area (Å²) in [5.41, 5.74) is 0.772. The second kappa shape index (κ2) is 12.3. The highest BCUT2D eigenvalue weighted by molar-refractivity contribution is 5.94. The van der Waals surface area contributed by atoms with E-state index in [1.165, 1.54) is 6.07 Å². The molecule has 0 spiro atoms. The van der Waals surface area contributed by atoms with Crippen LogP contribution >= 0.6 is 0 Å². The van der Waals surface area contributed by atoms with E-state index in [1.54, 1.807) is 19.1 Å². The molecule has 0 saturated carbocycles. The van der Waals surface area contributed by atoms with Crippen LogP contribution in [-0.4, -0.2) is 67.6 Å². The minimum absolute atomic E-state index is 0.128. The molecule has 1 aromatic carbocycles. The summed E-state index contributed by atoms with van der Waals surface area (Å²) < 4.78 is 13.6. The maximum atomic E-state index is 13.6. The van der Waals surface area contributed by atoms with E-state index in [0.29, 0.717) is 31.1 Å². The predicted octanol–water partition coefficient (Wildman–Crippen LogP) is 2.87. The van der Waals surface area contributed by atoms with Crippen LogP contribution in [0.2, 0.25) is 0 Å². The Labute approximate surface area is 168 Å². The van der Waals surface area contributed by atoms with Gasteiger partial charge >= 0.3 is 6.03 Å². The van der Waals surface area contributed by atoms with Crippen LogP contribution in [0.15, 0.2) is 18.2 Å². The van der Waals surface area contributed by atoms with Gasteiger partial charge in [-0.25, -0.2) is 9.18 Å². The number of benzene rings is 1. The molecule has 0 aliphatic rings. The Morgan fingerprint density at radius 2 is 1.71 bits per heavy atom. The van der Waals surface area contributed by atoms with Crippen molar-refractivity contribution >= 4 is 11.9 Å². The highest BCUT2D eigenvalue weighted by Gasteiger charge is 2.15. The second-order valence-electron chi connectivity index (χ2n) is 7.32. The topological polar surface area (TPSA) is 64.7 Å². The van der Waals surface area contributed by atoms with Crippen molar-refractivity contribution < 1.29 is 14.0 Å². The van der Waals surface area contributed by atoms with Crippen LogP contribution in [-0.2, 0) is 0 Å². The fraction of sp³-hybridized carbons (Fsp3) is 0.619. The van der Waals surface area contributed by atoms with Gasteiger partial charge in [0.25, 0.3) is 5.91 Å². The lowest BCUT2D eigenvalue weighted by atomic mass is 10.1. The first kappa shape index (κ1) is 23.9. The number of nitrogens with one attached hydrogen (secondary N) is 2. The molecule has 0 radical (unpaired) electrons. The largest absolute Gasteiger partial charge is 0.350 e. The monoisotopic (exact) mass is 394 g/mol. The predicted molar refractivity (Wildman–Crippen MR) is 111 cm³/mol. The number of hydrogen-bond donors (Lipinski definition) is 2. The molecule has 2 N–H and O–H groups in total. The summed E-state index contributed by atoms with van der Waals surface area (Å²) >= 11 is 0. The summed E-state index contributed by atoms with van der Waals surface area (Å²) in [6.45, 7) is 14.7. The fourth-order valence-corrected chi connectivity index (χ4v) is 2.81. The van der Waals surface area contributed by atoms with E-state index in [2.05, 4.69) is 43.2 Å². The fourth-order valence-electron chi connectivity index (χ4n) is 2.81. The smallest absolute Gasteiger partial charge is 0.317 e. The molecule has 1 rings (SSSR count). The van der Waals surface area contributed by atoms with E-state index in [1.807, 2.05) is 4.90 Å². The Morgan fingerprint density at radius 3 is 2.29 bits per heavy atom. The van der Waals surface area contributed by atoms with Gasteiger partial charge < -0.3 is 20.4 Å². The molecular formula is C21H35FN4O2. The molecule has 0 heterocycles. The van der Waals surface area contributed by atoms with Crippen molar-refractivity contribution in [3.05, 3.63) is 35.1 Å². The summed E-state index contributed by atoms with van der Waals surface area (Å²) in [5, 5.41) is 5.56. The Morgan fingerprint density at radius 1 is 1.07 bits per heavy atom. The van der Waals surface area contributed by atoms with E-state index in [-0.39, 0.29) is 24.0 Å². The Balaban J connectivity index is 2.45. The first-order chi connectivity index (χ1) is 13.3. The van der Waals surface area contributed by atoms with Crippen LogP contribution in [0.5, 0.6) is 0 Å². The highest BCUT2D eigenvalue weighted by Crippen LogP contribution is 2.08. The van der Waals surface area contributed by atoms with E-state index in [9.17, 15) is 14.0 Å². The van der Waals surface area contributed by atoms with Crippen molar-refractivity contribution in [3.8, 4) is 0 Å². The molecular weight excluding hydrogens is 359 g/mol. The van der Waals surface area contributed by atoms with Crippen molar-refractivity contribution in [2.75, 3.05) is 45.8 Å². The van der Waals surface area contributed by atoms with Crippen molar-refractivity contribution in [2.24, 2.45) is 5.92 Å². The number of rotatable bonds is 11. The van der Waals surface area contributed by atoms with Crippen LogP contribution < -0.4 is 10.6 Å². The molecule has 0 atom stereocenters. The lowest BCUT2D eigenvalue weighted by Gasteiger charge is -2.28. The number of amides is 3. The molecule has 1 aromatic rings. The summed E-state index contributed by atoms with van der Waals surface area (Å²) in [7, 11) is 0. The summed E-state index contributed by atoms with van der Waals surface area (Å²) in [6, 6.07) is 4.26. The summed E-state index contributed by atoms with van der Waals surface area (Å²) in [6.07, 6.45) is 0. The average molecular weight is 395 g/mol. The first-order valence-electron chi connectivity index (χ1n) is 10.1. The highest BCUT2D eigenvalue weighted by atomic mass is 19.1. The van der Waals surface area contributed by atoms with Crippen LogP contribution in [0.4, 0.5) is 9.18 Å². The first-order valence-corrected chi connectivity index (χ1v) is 10.1. The van der Waals surface area contributed by atoms with Gasteiger partial charge in [-0.05, 0) is 43.6 Å². The minimum Gasteiger partial charge on any atom is -0.350 e. The second-order valence-corrected chi connectivity index (χ2v) is 7.32.